The molecule has 0 spiro atoms. The number of thioether (sulfide) groups is 1. The van der Waals surface area contributed by atoms with E-state index in [1.54, 1.807) is 44.5 Å². The maximum Gasteiger partial charge on any atom is 0.261 e. The SMILES string of the molecule is COc1ccc(NC(=O)CCSc2nc3ccccc3c(=O)n2C)cc1. The summed E-state index contributed by atoms with van der Waals surface area (Å²) in [4.78, 5) is 29.0. The predicted octanol–water partition coefficient (Wildman–Crippen LogP) is 3.06. The van der Waals surface area contributed by atoms with E-state index in [-0.39, 0.29) is 11.5 Å². The van der Waals surface area contributed by atoms with Crippen molar-refractivity contribution >= 4 is 34.3 Å². The van der Waals surface area contributed by atoms with Crippen LogP contribution < -0.4 is 15.6 Å². The Kier molecular flexibility index (Phi) is 5.58. The second-order valence-electron chi connectivity index (χ2n) is 5.65. The number of anilines is 1. The number of methoxy groups -OCH3 is 1. The van der Waals surface area contributed by atoms with Gasteiger partial charge in [-0.25, -0.2) is 4.98 Å². The average molecular weight is 369 g/mol. The van der Waals surface area contributed by atoms with Crippen LogP contribution in [-0.2, 0) is 11.8 Å². The summed E-state index contributed by atoms with van der Waals surface area (Å²) >= 11 is 1.39. The van der Waals surface area contributed by atoms with Crippen molar-refractivity contribution in [2.24, 2.45) is 7.05 Å². The van der Waals surface area contributed by atoms with Gasteiger partial charge in [-0.3, -0.25) is 14.2 Å². The van der Waals surface area contributed by atoms with Crippen LogP contribution in [0.3, 0.4) is 0 Å². The van der Waals surface area contributed by atoms with Crippen molar-refractivity contribution in [1.82, 2.24) is 9.55 Å². The molecule has 6 nitrogen and oxygen atoms in total. The van der Waals surface area contributed by atoms with Gasteiger partial charge in [0.25, 0.3) is 5.56 Å². The number of para-hydroxylation sites is 1. The molecule has 0 atom stereocenters. The van der Waals surface area contributed by atoms with Crippen LogP contribution in [-0.4, -0.2) is 28.3 Å². The summed E-state index contributed by atoms with van der Waals surface area (Å²) in [6.45, 7) is 0. The molecule has 0 fully saturated rings. The number of nitrogens with zero attached hydrogens (tertiary/aromatic N) is 2. The molecule has 3 rings (SSSR count). The highest BCUT2D eigenvalue weighted by Crippen LogP contribution is 2.19. The Morgan fingerprint density at radius 1 is 1.19 bits per heavy atom. The van der Waals surface area contributed by atoms with Gasteiger partial charge in [-0.1, -0.05) is 23.9 Å². The summed E-state index contributed by atoms with van der Waals surface area (Å²) in [5.74, 6) is 1.18. The molecule has 1 N–H and O–H groups in total. The quantitative estimate of drug-likeness (QED) is 0.534. The molecule has 0 saturated carbocycles. The van der Waals surface area contributed by atoms with Crippen molar-refractivity contribution in [2.45, 2.75) is 11.6 Å². The minimum Gasteiger partial charge on any atom is -0.497 e. The lowest BCUT2D eigenvalue weighted by Gasteiger charge is -2.09. The molecule has 0 radical (unpaired) electrons. The minimum absolute atomic E-state index is 0.0826. The summed E-state index contributed by atoms with van der Waals surface area (Å²) in [6, 6.07) is 14.4. The third kappa shape index (κ3) is 4.05. The van der Waals surface area contributed by atoms with Crippen LogP contribution in [0.2, 0.25) is 0 Å². The summed E-state index contributed by atoms with van der Waals surface area (Å²) in [6.07, 6.45) is 0.319. The first-order chi connectivity index (χ1) is 12.6. The van der Waals surface area contributed by atoms with E-state index < -0.39 is 0 Å². The van der Waals surface area contributed by atoms with E-state index in [4.69, 9.17) is 4.74 Å². The number of fused-ring (bicyclic) bond motifs is 1. The monoisotopic (exact) mass is 369 g/mol. The van der Waals surface area contributed by atoms with Crippen LogP contribution >= 0.6 is 11.8 Å². The van der Waals surface area contributed by atoms with Gasteiger partial charge in [0.15, 0.2) is 5.16 Å². The number of nitrogens with one attached hydrogen (secondary N) is 1. The van der Waals surface area contributed by atoms with Crippen LogP contribution in [0.25, 0.3) is 10.9 Å². The van der Waals surface area contributed by atoms with Gasteiger partial charge in [-0.2, -0.15) is 0 Å². The molecular weight excluding hydrogens is 350 g/mol. The number of carbonyl (C=O) groups is 1. The van der Waals surface area contributed by atoms with E-state index >= 15 is 0 Å². The molecule has 0 saturated heterocycles. The first-order valence-electron chi connectivity index (χ1n) is 8.11. The summed E-state index contributed by atoms with van der Waals surface area (Å²) in [5.41, 5.74) is 1.30. The summed E-state index contributed by atoms with van der Waals surface area (Å²) < 4.78 is 6.61. The highest BCUT2D eigenvalue weighted by Gasteiger charge is 2.09. The van der Waals surface area contributed by atoms with Crippen molar-refractivity contribution in [2.75, 3.05) is 18.2 Å². The first kappa shape index (κ1) is 18.0. The Morgan fingerprint density at radius 3 is 2.65 bits per heavy atom. The minimum atomic E-state index is -0.0894. The lowest BCUT2D eigenvalue weighted by atomic mass is 10.2. The normalized spacial score (nSPS) is 10.7. The number of aromatic nitrogens is 2. The van der Waals surface area contributed by atoms with Gasteiger partial charge in [0.05, 0.1) is 18.0 Å². The number of hydrogen-bond donors (Lipinski definition) is 1. The standard InChI is InChI=1S/C19H19N3O3S/c1-22-18(24)15-5-3-4-6-16(15)21-19(22)26-12-11-17(23)20-13-7-9-14(25-2)10-8-13/h3-10H,11-12H2,1-2H3,(H,20,23). The van der Waals surface area contributed by atoms with Gasteiger partial charge in [-0.05, 0) is 36.4 Å². The van der Waals surface area contributed by atoms with Crippen molar-refractivity contribution in [1.29, 1.82) is 0 Å². The van der Waals surface area contributed by atoms with Crippen molar-refractivity contribution < 1.29 is 9.53 Å². The zero-order chi connectivity index (χ0) is 18.5. The molecule has 0 bridgehead atoms. The van der Waals surface area contributed by atoms with E-state index in [0.717, 1.165) is 11.4 Å². The van der Waals surface area contributed by atoms with Crippen molar-refractivity contribution in [3.63, 3.8) is 0 Å². The van der Waals surface area contributed by atoms with Crippen LogP contribution in [0.1, 0.15) is 6.42 Å². The number of carbonyl (C=O) groups excluding carboxylic acids is 1. The first-order valence-corrected chi connectivity index (χ1v) is 9.09. The number of hydrogen-bond acceptors (Lipinski definition) is 5. The Balaban J connectivity index is 1.60. The van der Waals surface area contributed by atoms with Gasteiger partial charge in [0.2, 0.25) is 5.91 Å². The maximum absolute atomic E-state index is 12.4. The molecule has 134 valence electrons. The smallest absolute Gasteiger partial charge is 0.261 e. The second kappa shape index (κ2) is 8.05. The van der Waals surface area contributed by atoms with Gasteiger partial charge < -0.3 is 10.1 Å². The largest absolute Gasteiger partial charge is 0.497 e. The van der Waals surface area contributed by atoms with Gasteiger partial charge in [0, 0.05) is 24.9 Å². The lowest BCUT2D eigenvalue weighted by Crippen LogP contribution is -2.20. The fourth-order valence-corrected chi connectivity index (χ4v) is 3.37. The molecular formula is C19H19N3O3S. The molecule has 3 aromatic rings. The molecule has 0 aliphatic heterocycles. The fourth-order valence-electron chi connectivity index (χ4n) is 2.46. The highest BCUT2D eigenvalue weighted by molar-refractivity contribution is 7.99. The van der Waals surface area contributed by atoms with Crippen molar-refractivity contribution in [3.8, 4) is 5.75 Å². The van der Waals surface area contributed by atoms with Crippen molar-refractivity contribution in [3.05, 3.63) is 58.9 Å². The fraction of sp³-hybridized carbons (Fsp3) is 0.211. The third-order valence-electron chi connectivity index (χ3n) is 3.88. The zero-order valence-corrected chi connectivity index (χ0v) is 15.4. The van der Waals surface area contributed by atoms with Crippen LogP contribution in [0.15, 0.2) is 58.5 Å². The van der Waals surface area contributed by atoms with E-state index in [1.807, 2.05) is 18.2 Å². The summed E-state index contributed by atoms with van der Waals surface area (Å²) in [7, 11) is 3.29. The Hall–Kier alpha value is -2.80. The molecule has 1 amide bonds. The molecule has 1 heterocycles. The Bertz CT molecular complexity index is 983. The topological polar surface area (TPSA) is 73.2 Å². The molecule has 0 unspecified atom stereocenters. The molecule has 7 heteroatoms. The number of amides is 1. The van der Waals surface area contributed by atoms with Gasteiger partial charge in [-0.15, -0.1) is 0 Å². The van der Waals surface area contributed by atoms with E-state index in [0.29, 0.717) is 28.2 Å². The predicted molar refractivity (Wildman–Crippen MR) is 104 cm³/mol. The average Bonchev–Trinajstić information content (AvgIpc) is 2.66. The Labute approximate surface area is 155 Å². The van der Waals surface area contributed by atoms with E-state index in [2.05, 4.69) is 10.3 Å². The van der Waals surface area contributed by atoms with E-state index in [1.165, 1.54) is 16.3 Å². The molecule has 0 aliphatic rings. The number of rotatable bonds is 6. The van der Waals surface area contributed by atoms with Crippen LogP contribution in [0, 0.1) is 0 Å². The van der Waals surface area contributed by atoms with Crippen LogP contribution in [0.5, 0.6) is 5.75 Å². The maximum atomic E-state index is 12.4. The number of ether oxygens (including phenoxy) is 1. The van der Waals surface area contributed by atoms with Crippen LogP contribution in [0.4, 0.5) is 5.69 Å². The molecule has 0 aliphatic carbocycles. The number of benzene rings is 2. The highest BCUT2D eigenvalue weighted by atomic mass is 32.2. The zero-order valence-electron chi connectivity index (χ0n) is 14.6. The van der Waals surface area contributed by atoms with Gasteiger partial charge >= 0.3 is 0 Å². The molecule has 1 aromatic heterocycles. The molecule has 2 aromatic carbocycles. The summed E-state index contributed by atoms with van der Waals surface area (Å²) in [5, 5.41) is 4.04. The Morgan fingerprint density at radius 2 is 1.92 bits per heavy atom. The second-order valence-corrected chi connectivity index (χ2v) is 6.71. The molecule has 26 heavy (non-hydrogen) atoms. The van der Waals surface area contributed by atoms with Gasteiger partial charge in [0.1, 0.15) is 5.75 Å². The third-order valence-corrected chi connectivity index (χ3v) is 4.91. The lowest BCUT2D eigenvalue weighted by molar-refractivity contribution is -0.115. The van der Waals surface area contributed by atoms with E-state index in [9.17, 15) is 9.59 Å².